The number of nitrogens with zero attached hydrogens (tertiary/aromatic N) is 2. The summed E-state index contributed by atoms with van der Waals surface area (Å²) in [5.41, 5.74) is 9.24. The molecule has 3 rings (SSSR count). The Morgan fingerprint density at radius 1 is 1.17 bits per heavy atom. The highest BCUT2D eigenvalue weighted by Gasteiger charge is 2.05. The zero-order valence-electron chi connectivity index (χ0n) is 9.92. The summed E-state index contributed by atoms with van der Waals surface area (Å²) in [6.07, 6.45) is 2.96. The van der Waals surface area contributed by atoms with Crippen molar-refractivity contribution in [3.05, 3.63) is 48.8 Å². The second-order valence-corrected chi connectivity index (χ2v) is 3.99. The molecule has 89 valence electrons. The summed E-state index contributed by atoms with van der Waals surface area (Å²) in [6, 6.07) is 13.4. The van der Waals surface area contributed by atoms with Gasteiger partial charge in [0.25, 0.3) is 0 Å². The van der Waals surface area contributed by atoms with Gasteiger partial charge in [-0.3, -0.25) is 4.57 Å². The minimum absolute atomic E-state index is 0.705. The minimum Gasteiger partial charge on any atom is -0.497 e. The summed E-state index contributed by atoms with van der Waals surface area (Å²) < 4.78 is 7.04. The van der Waals surface area contributed by atoms with Crippen LogP contribution in [-0.4, -0.2) is 16.7 Å². The molecule has 0 atom stereocenters. The third kappa shape index (κ3) is 1.68. The number of nitrogens with two attached hydrogens (primary N) is 1. The molecular formula is C14H12N3O. The van der Waals surface area contributed by atoms with Crippen LogP contribution in [0.25, 0.3) is 16.7 Å². The standard InChI is InChI=1S/C14H12N3O/c1-18-12-5-3-11(4-6-12)17-9-16-13-8-10(15)2-7-14(13)17/h2-8H,15H2,1H3. The zero-order valence-corrected chi connectivity index (χ0v) is 9.92. The number of benzene rings is 2. The van der Waals surface area contributed by atoms with Crippen LogP contribution in [0.2, 0.25) is 0 Å². The van der Waals surface area contributed by atoms with Crippen molar-refractivity contribution < 1.29 is 4.74 Å². The Bertz CT molecular complexity index is 686. The Labute approximate surface area is 105 Å². The van der Waals surface area contributed by atoms with Gasteiger partial charge in [-0.2, -0.15) is 0 Å². The summed E-state index contributed by atoms with van der Waals surface area (Å²) in [5.74, 6) is 0.826. The van der Waals surface area contributed by atoms with E-state index in [9.17, 15) is 0 Å². The van der Waals surface area contributed by atoms with Crippen molar-refractivity contribution in [1.29, 1.82) is 0 Å². The van der Waals surface area contributed by atoms with Crippen LogP contribution in [0, 0.1) is 6.33 Å². The van der Waals surface area contributed by atoms with Gasteiger partial charge in [-0.05, 0) is 42.5 Å². The van der Waals surface area contributed by atoms with Gasteiger partial charge >= 0.3 is 0 Å². The van der Waals surface area contributed by atoms with Gasteiger partial charge in [-0.25, -0.2) is 4.98 Å². The van der Waals surface area contributed by atoms with Crippen molar-refractivity contribution in [2.45, 2.75) is 0 Å². The molecule has 4 heteroatoms. The lowest BCUT2D eigenvalue weighted by Crippen LogP contribution is -1.93. The summed E-state index contributed by atoms with van der Waals surface area (Å²) >= 11 is 0. The van der Waals surface area contributed by atoms with Crippen LogP contribution < -0.4 is 10.5 Å². The molecule has 4 nitrogen and oxygen atoms in total. The second kappa shape index (κ2) is 4.07. The van der Waals surface area contributed by atoms with E-state index in [-0.39, 0.29) is 0 Å². The minimum atomic E-state index is 0.705. The fraction of sp³-hybridized carbons (Fsp3) is 0.0714. The van der Waals surface area contributed by atoms with E-state index in [1.165, 1.54) is 0 Å². The van der Waals surface area contributed by atoms with Crippen LogP contribution in [0.4, 0.5) is 5.69 Å². The van der Waals surface area contributed by atoms with Crippen LogP contribution >= 0.6 is 0 Å². The monoisotopic (exact) mass is 238 g/mol. The Kier molecular flexibility index (Phi) is 2.41. The molecule has 2 N–H and O–H groups in total. The smallest absolute Gasteiger partial charge is 0.182 e. The molecule has 0 unspecified atom stereocenters. The highest BCUT2D eigenvalue weighted by Crippen LogP contribution is 2.21. The molecule has 0 bridgehead atoms. The van der Waals surface area contributed by atoms with E-state index in [0.717, 1.165) is 22.5 Å². The average molecular weight is 238 g/mol. The molecule has 0 saturated heterocycles. The number of methoxy groups -OCH3 is 1. The molecule has 0 amide bonds. The van der Waals surface area contributed by atoms with Crippen molar-refractivity contribution in [3.63, 3.8) is 0 Å². The Hall–Kier alpha value is -2.49. The SMILES string of the molecule is COc1ccc(-n2[c]nc3cc(N)ccc32)cc1. The molecule has 0 saturated carbocycles. The number of fused-ring (bicyclic) bond motifs is 1. The van der Waals surface area contributed by atoms with Crippen molar-refractivity contribution in [3.8, 4) is 11.4 Å². The van der Waals surface area contributed by atoms with E-state index < -0.39 is 0 Å². The number of hydrogen-bond acceptors (Lipinski definition) is 3. The highest BCUT2D eigenvalue weighted by atomic mass is 16.5. The summed E-state index contributed by atoms with van der Waals surface area (Å²) in [6.45, 7) is 0. The van der Waals surface area contributed by atoms with Gasteiger partial charge in [-0.15, -0.1) is 0 Å². The first kappa shape index (κ1) is 10.7. The molecular weight excluding hydrogens is 226 g/mol. The molecule has 18 heavy (non-hydrogen) atoms. The third-order valence-corrected chi connectivity index (χ3v) is 2.84. The normalized spacial score (nSPS) is 10.7. The molecule has 1 radical (unpaired) electrons. The first-order valence-electron chi connectivity index (χ1n) is 5.58. The van der Waals surface area contributed by atoms with E-state index in [2.05, 4.69) is 11.3 Å². The lowest BCUT2D eigenvalue weighted by Gasteiger charge is -2.05. The number of aromatic nitrogens is 2. The highest BCUT2D eigenvalue weighted by molar-refractivity contribution is 5.80. The topological polar surface area (TPSA) is 53.1 Å². The quantitative estimate of drug-likeness (QED) is 0.697. The van der Waals surface area contributed by atoms with Crippen molar-refractivity contribution in [2.24, 2.45) is 0 Å². The number of hydrogen-bond donors (Lipinski definition) is 1. The predicted octanol–water partition coefficient (Wildman–Crippen LogP) is 2.42. The summed E-state index contributed by atoms with van der Waals surface area (Å²) in [4.78, 5) is 4.23. The molecule has 0 fully saturated rings. The summed E-state index contributed by atoms with van der Waals surface area (Å²) in [7, 11) is 1.65. The Morgan fingerprint density at radius 3 is 2.67 bits per heavy atom. The van der Waals surface area contributed by atoms with Crippen LogP contribution in [-0.2, 0) is 0 Å². The van der Waals surface area contributed by atoms with Gasteiger partial charge in [0, 0.05) is 11.4 Å². The van der Waals surface area contributed by atoms with Crippen LogP contribution in [0.5, 0.6) is 5.75 Å². The third-order valence-electron chi connectivity index (χ3n) is 2.84. The number of rotatable bonds is 2. The number of imidazole rings is 1. The van der Waals surface area contributed by atoms with Gasteiger partial charge < -0.3 is 10.5 Å². The average Bonchev–Trinajstić information content (AvgIpc) is 2.81. The lowest BCUT2D eigenvalue weighted by atomic mass is 10.2. The second-order valence-electron chi connectivity index (χ2n) is 3.99. The van der Waals surface area contributed by atoms with Gasteiger partial charge in [-0.1, -0.05) is 0 Å². The Balaban J connectivity index is 2.13. The molecule has 1 aromatic heterocycles. The van der Waals surface area contributed by atoms with Crippen molar-refractivity contribution in [1.82, 2.24) is 9.55 Å². The molecule has 3 aromatic rings. The van der Waals surface area contributed by atoms with Crippen LogP contribution in [0.15, 0.2) is 42.5 Å². The van der Waals surface area contributed by atoms with Crippen molar-refractivity contribution in [2.75, 3.05) is 12.8 Å². The van der Waals surface area contributed by atoms with Crippen LogP contribution in [0.1, 0.15) is 0 Å². The van der Waals surface area contributed by atoms with Gasteiger partial charge in [0.15, 0.2) is 6.33 Å². The maximum absolute atomic E-state index is 5.73. The maximum Gasteiger partial charge on any atom is 0.182 e. The maximum atomic E-state index is 5.73. The number of ether oxygens (including phenoxy) is 1. The fourth-order valence-corrected chi connectivity index (χ4v) is 1.90. The van der Waals surface area contributed by atoms with E-state index in [0.29, 0.717) is 5.69 Å². The number of nitrogen functional groups attached to an aromatic ring is 1. The molecule has 0 spiro atoms. The first-order chi connectivity index (χ1) is 8.78. The number of anilines is 1. The molecule has 2 aromatic carbocycles. The largest absolute Gasteiger partial charge is 0.497 e. The van der Waals surface area contributed by atoms with Gasteiger partial charge in [0.1, 0.15) is 5.75 Å². The van der Waals surface area contributed by atoms with Gasteiger partial charge in [0.2, 0.25) is 0 Å². The van der Waals surface area contributed by atoms with E-state index in [1.54, 1.807) is 7.11 Å². The molecule has 1 heterocycles. The molecule has 0 aliphatic heterocycles. The van der Waals surface area contributed by atoms with E-state index >= 15 is 0 Å². The zero-order chi connectivity index (χ0) is 12.5. The first-order valence-corrected chi connectivity index (χ1v) is 5.58. The fourth-order valence-electron chi connectivity index (χ4n) is 1.90. The van der Waals surface area contributed by atoms with E-state index in [4.69, 9.17) is 10.5 Å². The molecule has 0 aliphatic rings. The summed E-state index contributed by atoms with van der Waals surface area (Å²) in [5, 5.41) is 0. The van der Waals surface area contributed by atoms with Crippen molar-refractivity contribution >= 4 is 16.7 Å². The van der Waals surface area contributed by atoms with Crippen LogP contribution in [0.3, 0.4) is 0 Å². The predicted molar refractivity (Wildman–Crippen MR) is 70.9 cm³/mol. The Morgan fingerprint density at radius 2 is 1.94 bits per heavy atom. The van der Waals surface area contributed by atoms with Gasteiger partial charge in [0.05, 0.1) is 18.1 Å². The lowest BCUT2D eigenvalue weighted by molar-refractivity contribution is 0.415. The van der Waals surface area contributed by atoms with E-state index in [1.807, 2.05) is 47.0 Å². The molecule has 0 aliphatic carbocycles.